The van der Waals surface area contributed by atoms with Crippen molar-refractivity contribution in [3.8, 4) is 0 Å². The first-order valence-corrected chi connectivity index (χ1v) is 6.04. The Balaban J connectivity index is 2.36. The minimum Gasteiger partial charge on any atom is -0.336 e. The van der Waals surface area contributed by atoms with E-state index in [1.165, 1.54) is 12.1 Å². The van der Waals surface area contributed by atoms with Crippen molar-refractivity contribution in [2.45, 2.75) is 26.3 Å². The summed E-state index contributed by atoms with van der Waals surface area (Å²) in [6.45, 7) is 4.51. The van der Waals surface area contributed by atoms with Gasteiger partial charge >= 0.3 is 6.03 Å². The minimum absolute atomic E-state index is 0.0867. The highest BCUT2D eigenvalue weighted by Gasteiger charge is 2.09. The highest BCUT2D eigenvalue weighted by atomic mass is 19.1. The lowest BCUT2D eigenvalue weighted by molar-refractivity contribution is 0.251. The van der Waals surface area contributed by atoms with Crippen LogP contribution in [0.5, 0.6) is 0 Å². The predicted octanol–water partition coefficient (Wildman–Crippen LogP) is 2.32. The zero-order chi connectivity index (χ0) is 13.5. The van der Waals surface area contributed by atoms with Gasteiger partial charge in [0.05, 0.1) is 5.69 Å². The van der Waals surface area contributed by atoms with E-state index in [0.717, 1.165) is 6.42 Å². The lowest BCUT2D eigenvalue weighted by Crippen LogP contribution is -2.40. The summed E-state index contributed by atoms with van der Waals surface area (Å²) in [5, 5.41) is 5.06. The third kappa shape index (κ3) is 5.14. The number of amides is 2. The van der Waals surface area contributed by atoms with Crippen LogP contribution in [-0.2, 0) is 0 Å². The normalized spacial score (nSPS) is 12.3. The van der Waals surface area contributed by atoms with Crippen LogP contribution in [0.25, 0.3) is 0 Å². The van der Waals surface area contributed by atoms with E-state index < -0.39 is 11.8 Å². The highest BCUT2D eigenvalue weighted by molar-refractivity contribution is 5.89. The molecule has 0 spiro atoms. The van der Waals surface area contributed by atoms with Gasteiger partial charge in [-0.2, -0.15) is 0 Å². The van der Waals surface area contributed by atoms with E-state index in [9.17, 15) is 9.18 Å². The van der Waals surface area contributed by atoms with Crippen molar-refractivity contribution in [2.75, 3.05) is 11.9 Å². The molecule has 0 aliphatic rings. The number of carbonyl (C=O) groups is 1. The SMILES string of the molecule is CC(C)CC(N)CNC(=O)Nc1ccccc1F. The zero-order valence-electron chi connectivity index (χ0n) is 10.7. The Morgan fingerprint density at radius 2 is 2.06 bits per heavy atom. The van der Waals surface area contributed by atoms with Gasteiger partial charge in [-0.25, -0.2) is 9.18 Å². The number of rotatable bonds is 5. The van der Waals surface area contributed by atoms with Crippen LogP contribution in [0, 0.1) is 11.7 Å². The molecule has 4 nitrogen and oxygen atoms in total. The zero-order valence-corrected chi connectivity index (χ0v) is 10.7. The van der Waals surface area contributed by atoms with E-state index in [4.69, 9.17) is 5.73 Å². The molecule has 0 aliphatic heterocycles. The first-order chi connectivity index (χ1) is 8.49. The standard InChI is InChI=1S/C13H20FN3O/c1-9(2)7-10(15)8-16-13(18)17-12-6-4-3-5-11(12)14/h3-6,9-10H,7-8,15H2,1-2H3,(H2,16,17,18). The molecular formula is C13H20FN3O. The Morgan fingerprint density at radius 1 is 1.39 bits per heavy atom. The van der Waals surface area contributed by atoms with Gasteiger partial charge in [0.2, 0.25) is 0 Å². The third-order valence-corrected chi connectivity index (χ3v) is 2.42. The molecule has 18 heavy (non-hydrogen) atoms. The fourth-order valence-electron chi connectivity index (χ4n) is 1.64. The number of anilines is 1. The molecule has 0 heterocycles. The van der Waals surface area contributed by atoms with Gasteiger partial charge in [0.25, 0.3) is 0 Å². The number of para-hydroxylation sites is 1. The summed E-state index contributed by atoms with van der Waals surface area (Å²) in [6.07, 6.45) is 0.833. The minimum atomic E-state index is -0.459. The maximum atomic E-state index is 13.3. The van der Waals surface area contributed by atoms with Crippen molar-refractivity contribution in [3.63, 3.8) is 0 Å². The van der Waals surface area contributed by atoms with Crippen LogP contribution >= 0.6 is 0 Å². The van der Waals surface area contributed by atoms with Crippen LogP contribution < -0.4 is 16.4 Å². The number of nitrogens with two attached hydrogens (primary N) is 1. The number of benzene rings is 1. The summed E-state index contributed by atoms with van der Waals surface area (Å²) in [4.78, 5) is 11.5. The molecule has 0 bridgehead atoms. The summed E-state index contributed by atoms with van der Waals surface area (Å²) in [7, 11) is 0. The molecule has 1 aromatic rings. The van der Waals surface area contributed by atoms with Crippen molar-refractivity contribution in [1.29, 1.82) is 0 Å². The second-order valence-corrected chi connectivity index (χ2v) is 4.70. The number of hydrogen-bond donors (Lipinski definition) is 3. The molecule has 0 saturated heterocycles. The second kappa shape index (κ2) is 6.96. The molecule has 1 aromatic carbocycles. The first kappa shape index (κ1) is 14.4. The fraction of sp³-hybridized carbons (Fsp3) is 0.462. The predicted molar refractivity (Wildman–Crippen MR) is 70.9 cm³/mol. The summed E-state index contributed by atoms with van der Waals surface area (Å²) < 4.78 is 13.3. The van der Waals surface area contributed by atoms with Crippen molar-refractivity contribution >= 4 is 11.7 Å². The van der Waals surface area contributed by atoms with Gasteiger partial charge in [-0.05, 0) is 24.5 Å². The van der Waals surface area contributed by atoms with Crippen LogP contribution in [0.4, 0.5) is 14.9 Å². The fourth-order valence-corrected chi connectivity index (χ4v) is 1.64. The smallest absolute Gasteiger partial charge is 0.319 e. The summed E-state index contributed by atoms with van der Waals surface area (Å²) >= 11 is 0. The molecule has 0 fully saturated rings. The summed E-state index contributed by atoms with van der Waals surface area (Å²) in [5.41, 5.74) is 5.99. The molecular weight excluding hydrogens is 233 g/mol. The monoisotopic (exact) mass is 253 g/mol. The maximum Gasteiger partial charge on any atom is 0.319 e. The van der Waals surface area contributed by atoms with Crippen LogP contribution in [0.3, 0.4) is 0 Å². The molecule has 1 rings (SSSR count). The number of carbonyl (C=O) groups excluding carboxylic acids is 1. The largest absolute Gasteiger partial charge is 0.336 e. The molecule has 0 radical (unpaired) electrons. The molecule has 100 valence electrons. The molecule has 0 aromatic heterocycles. The summed E-state index contributed by atoms with van der Waals surface area (Å²) in [6, 6.07) is 5.49. The van der Waals surface area contributed by atoms with Crippen LogP contribution in [0.15, 0.2) is 24.3 Å². The Labute approximate surface area is 107 Å². The quantitative estimate of drug-likeness (QED) is 0.754. The maximum absolute atomic E-state index is 13.3. The molecule has 0 aliphatic carbocycles. The third-order valence-electron chi connectivity index (χ3n) is 2.42. The average Bonchev–Trinajstić information content (AvgIpc) is 2.29. The average molecular weight is 253 g/mol. The Morgan fingerprint density at radius 3 is 2.67 bits per heavy atom. The van der Waals surface area contributed by atoms with Gasteiger partial charge in [-0.15, -0.1) is 0 Å². The highest BCUT2D eigenvalue weighted by Crippen LogP contribution is 2.11. The van der Waals surface area contributed by atoms with E-state index in [2.05, 4.69) is 24.5 Å². The van der Waals surface area contributed by atoms with Gasteiger partial charge < -0.3 is 16.4 Å². The van der Waals surface area contributed by atoms with Crippen molar-refractivity contribution in [3.05, 3.63) is 30.1 Å². The molecule has 0 saturated carbocycles. The second-order valence-electron chi connectivity index (χ2n) is 4.70. The van der Waals surface area contributed by atoms with Crippen LogP contribution in [0.2, 0.25) is 0 Å². The van der Waals surface area contributed by atoms with E-state index in [1.54, 1.807) is 12.1 Å². The van der Waals surface area contributed by atoms with Gasteiger partial charge in [0.15, 0.2) is 0 Å². The number of nitrogens with one attached hydrogen (secondary N) is 2. The van der Waals surface area contributed by atoms with Gasteiger partial charge in [-0.3, -0.25) is 0 Å². The van der Waals surface area contributed by atoms with Crippen molar-refractivity contribution in [1.82, 2.24) is 5.32 Å². The molecule has 5 heteroatoms. The molecule has 1 atom stereocenters. The van der Waals surface area contributed by atoms with E-state index >= 15 is 0 Å². The van der Waals surface area contributed by atoms with Gasteiger partial charge in [0, 0.05) is 12.6 Å². The van der Waals surface area contributed by atoms with E-state index in [0.29, 0.717) is 12.5 Å². The van der Waals surface area contributed by atoms with Gasteiger partial charge in [-0.1, -0.05) is 26.0 Å². The lowest BCUT2D eigenvalue weighted by Gasteiger charge is -2.15. The van der Waals surface area contributed by atoms with Crippen LogP contribution in [0.1, 0.15) is 20.3 Å². The van der Waals surface area contributed by atoms with Crippen molar-refractivity contribution < 1.29 is 9.18 Å². The number of halogens is 1. The first-order valence-electron chi connectivity index (χ1n) is 6.04. The molecule has 4 N–H and O–H groups in total. The Kier molecular flexibility index (Phi) is 5.58. The van der Waals surface area contributed by atoms with E-state index in [1.807, 2.05) is 0 Å². The number of urea groups is 1. The van der Waals surface area contributed by atoms with Gasteiger partial charge in [0.1, 0.15) is 5.82 Å². The lowest BCUT2D eigenvalue weighted by atomic mass is 10.0. The Hall–Kier alpha value is -1.62. The van der Waals surface area contributed by atoms with E-state index in [-0.39, 0.29) is 11.7 Å². The number of hydrogen-bond acceptors (Lipinski definition) is 2. The molecule has 2 amide bonds. The Bertz CT molecular complexity index is 396. The molecule has 1 unspecified atom stereocenters. The summed E-state index contributed by atoms with van der Waals surface area (Å²) in [5.74, 6) is 0.0237. The van der Waals surface area contributed by atoms with Crippen molar-refractivity contribution in [2.24, 2.45) is 11.7 Å². The topological polar surface area (TPSA) is 67.1 Å². The van der Waals surface area contributed by atoms with Crippen LogP contribution in [-0.4, -0.2) is 18.6 Å².